The lowest BCUT2D eigenvalue weighted by atomic mass is 9.97. The first-order chi connectivity index (χ1) is 25.2. The minimum absolute atomic E-state index is 0.587. The fourth-order valence-corrected chi connectivity index (χ4v) is 8.45. The zero-order valence-corrected chi connectivity index (χ0v) is 27.8. The average molecular weight is 672 g/mol. The molecule has 0 spiro atoms. The number of aromatic nitrogens is 3. The Labute approximate surface area is 295 Å². The molecule has 238 valence electrons. The number of para-hydroxylation sites is 2. The van der Waals surface area contributed by atoms with Gasteiger partial charge in [0.1, 0.15) is 22.3 Å². The molecule has 0 unspecified atom stereocenters. The van der Waals surface area contributed by atoms with Gasteiger partial charge in [0.05, 0.1) is 0 Å². The summed E-state index contributed by atoms with van der Waals surface area (Å²) in [5, 5.41) is 6.71. The predicted molar refractivity (Wildman–Crippen MR) is 209 cm³/mol. The van der Waals surface area contributed by atoms with E-state index in [1.165, 1.54) is 20.2 Å². The van der Waals surface area contributed by atoms with Gasteiger partial charge in [-0.15, -0.1) is 11.3 Å². The maximum atomic E-state index is 6.56. The van der Waals surface area contributed by atoms with Gasteiger partial charge in [-0.1, -0.05) is 103 Å². The van der Waals surface area contributed by atoms with Gasteiger partial charge < -0.3 is 8.83 Å². The quantitative estimate of drug-likeness (QED) is 0.186. The second kappa shape index (κ2) is 10.9. The molecule has 0 radical (unpaired) electrons. The molecule has 51 heavy (non-hydrogen) atoms. The molecule has 0 aliphatic carbocycles. The Bertz CT molecular complexity index is 3160. The number of furan rings is 2. The summed E-state index contributed by atoms with van der Waals surface area (Å²) in [4.78, 5) is 15.1. The summed E-state index contributed by atoms with van der Waals surface area (Å²) in [5.41, 5.74) is 8.15. The van der Waals surface area contributed by atoms with E-state index in [1.807, 2.05) is 66.7 Å². The first kappa shape index (κ1) is 28.2. The molecule has 0 aliphatic heterocycles. The van der Waals surface area contributed by atoms with Gasteiger partial charge in [0, 0.05) is 64.0 Å². The highest BCUT2D eigenvalue weighted by Gasteiger charge is 2.19. The monoisotopic (exact) mass is 671 g/mol. The SMILES string of the molecule is c1ccc(-c2nc(-c3ccc4c(c3)oc3cccc(-c5cccc6c5oc5ccccc56)c34)nc(-c3ccc4sc5ccccc5c4c3)n2)cc1. The Morgan fingerprint density at radius 1 is 0.373 bits per heavy atom. The molecule has 0 aliphatic rings. The van der Waals surface area contributed by atoms with E-state index in [1.54, 1.807) is 11.3 Å². The van der Waals surface area contributed by atoms with Crippen LogP contribution in [0.4, 0.5) is 0 Å². The van der Waals surface area contributed by atoms with E-state index >= 15 is 0 Å². The van der Waals surface area contributed by atoms with Crippen LogP contribution in [-0.4, -0.2) is 15.0 Å². The molecule has 5 nitrogen and oxygen atoms in total. The standard InChI is InChI=1S/C45H25N3O2S/c1-2-10-26(11-3-1)43-46-44(27-21-23-40-35(24-27)30-13-5-7-19-39(30)51-40)48-45(47-43)28-20-22-34-38(25-28)49-37-18-9-14-31(41(34)37)33-16-8-15-32-29-12-4-6-17-36(29)50-42(32)33/h1-25H. The molecule has 0 fully saturated rings. The lowest BCUT2D eigenvalue weighted by Gasteiger charge is -2.09. The van der Waals surface area contributed by atoms with E-state index in [0.29, 0.717) is 17.5 Å². The van der Waals surface area contributed by atoms with E-state index in [9.17, 15) is 0 Å². The minimum atomic E-state index is 0.587. The molecule has 6 heteroatoms. The topological polar surface area (TPSA) is 65.0 Å². The van der Waals surface area contributed by atoms with Crippen molar-refractivity contribution in [2.24, 2.45) is 0 Å². The van der Waals surface area contributed by atoms with Crippen LogP contribution in [0.5, 0.6) is 0 Å². The van der Waals surface area contributed by atoms with Crippen LogP contribution in [0, 0.1) is 0 Å². The summed E-state index contributed by atoms with van der Waals surface area (Å²) in [6, 6.07) is 52.1. The fraction of sp³-hybridized carbons (Fsp3) is 0. The molecular formula is C45H25N3O2S. The predicted octanol–water partition coefficient (Wildman–Crippen LogP) is 12.7. The van der Waals surface area contributed by atoms with Crippen LogP contribution >= 0.6 is 11.3 Å². The second-order valence-corrected chi connectivity index (χ2v) is 13.8. The van der Waals surface area contributed by atoms with Crippen molar-refractivity contribution in [3.63, 3.8) is 0 Å². The maximum Gasteiger partial charge on any atom is 0.164 e. The molecule has 0 amide bonds. The molecule has 0 atom stereocenters. The Balaban J connectivity index is 1.08. The van der Waals surface area contributed by atoms with E-state index in [0.717, 1.165) is 71.7 Å². The molecule has 4 heterocycles. The van der Waals surface area contributed by atoms with Crippen molar-refractivity contribution in [2.45, 2.75) is 0 Å². The summed E-state index contributed by atoms with van der Waals surface area (Å²) >= 11 is 1.80. The lowest BCUT2D eigenvalue weighted by molar-refractivity contribution is 0.669. The summed E-state index contributed by atoms with van der Waals surface area (Å²) < 4.78 is 15.5. The average Bonchev–Trinajstić information content (AvgIpc) is 3.88. The van der Waals surface area contributed by atoms with Crippen molar-refractivity contribution in [3.8, 4) is 45.3 Å². The summed E-state index contributed by atoms with van der Waals surface area (Å²) in [6.07, 6.45) is 0. The van der Waals surface area contributed by atoms with Crippen LogP contribution in [-0.2, 0) is 0 Å². The van der Waals surface area contributed by atoms with Crippen LogP contribution in [0.1, 0.15) is 0 Å². The Hall–Kier alpha value is -6.63. The largest absolute Gasteiger partial charge is 0.456 e. The van der Waals surface area contributed by atoms with Gasteiger partial charge in [-0.25, -0.2) is 15.0 Å². The molecule has 11 rings (SSSR count). The van der Waals surface area contributed by atoms with Crippen LogP contribution in [0.25, 0.3) is 109 Å². The van der Waals surface area contributed by atoms with Crippen LogP contribution < -0.4 is 0 Å². The van der Waals surface area contributed by atoms with Crippen LogP contribution in [0.3, 0.4) is 0 Å². The number of nitrogens with zero attached hydrogens (tertiary/aromatic N) is 3. The van der Waals surface area contributed by atoms with Gasteiger partial charge >= 0.3 is 0 Å². The summed E-state index contributed by atoms with van der Waals surface area (Å²) in [5.74, 6) is 1.84. The van der Waals surface area contributed by atoms with Crippen molar-refractivity contribution in [1.82, 2.24) is 15.0 Å². The first-order valence-electron chi connectivity index (χ1n) is 16.8. The third-order valence-electron chi connectivity index (χ3n) is 9.75. The van der Waals surface area contributed by atoms with Gasteiger partial charge in [0.15, 0.2) is 17.5 Å². The van der Waals surface area contributed by atoms with Crippen molar-refractivity contribution in [1.29, 1.82) is 0 Å². The lowest BCUT2D eigenvalue weighted by Crippen LogP contribution is -2.00. The molecule has 7 aromatic carbocycles. The summed E-state index contributed by atoms with van der Waals surface area (Å²) in [7, 11) is 0. The normalized spacial score (nSPS) is 11.9. The van der Waals surface area contributed by atoms with Gasteiger partial charge in [-0.3, -0.25) is 0 Å². The number of fused-ring (bicyclic) bond motifs is 9. The number of rotatable bonds is 4. The van der Waals surface area contributed by atoms with E-state index in [2.05, 4.69) is 84.9 Å². The van der Waals surface area contributed by atoms with Crippen molar-refractivity contribution in [3.05, 3.63) is 152 Å². The molecule has 0 N–H and O–H groups in total. The highest BCUT2D eigenvalue weighted by molar-refractivity contribution is 7.25. The van der Waals surface area contributed by atoms with Gasteiger partial charge in [-0.2, -0.15) is 0 Å². The smallest absolute Gasteiger partial charge is 0.164 e. The van der Waals surface area contributed by atoms with E-state index in [4.69, 9.17) is 23.8 Å². The molecular weight excluding hydrogens is 647 g/mol. The van der Waals surface area contributed by atoms with Crippen molar-refractivity contribution in [2.75, 3.05) is 0 Å². The Kier molecular flexibility index (Phi) is 6.05. The molecule has 4 aromatic heterocycles. The molecule has 0 saturated carbocycles. The van der Waals surface area contributed by atoms with Gasteiger partial charge in [0.2, 0.25) is 0 Å². The Morgan fingerprint density at radius 2 is 1.02 bits per heavy atom. The number of hydrogen-bond acceptors (Lipinski definition) is 6. The van der Waals surface area contributed by atoms with E-state index < -0.39 is 0 Å². The zero-order valence-electron chi connectivity index (χ0n) is 27.0. The highest BCUT2D eigenvalue weighted by Crippen LogP contribution is 2.42. The number of hydrogen-bond donors (Lipinski definition) is 0. The zero-order chi connectivity index (χ0) is 33.5. The fourth-order valence-electron chi connectivity index (χ4n) is 7.36. The minimum Gasteiger partial charge on any atom is -0.456 e. The van der Waals surface area contributed by atoms with Gasteiger partial charge in [0.25, 0.3) is 0 Å². The first-order valence-corrected chi connectivity index (χ1v) is 17.7. The number of benzene rings is 7. The van der Waals surface area contributed by atoms with E-state index in [-0.39, 0.29) is 0 Å². The molecule has 11 aromatic rings. The third-order valence-corrected chi connectivity index (χ3v) is 10.9. The summed E-state index contributed by atoms with van der Waals surface area (Å²) in [6.45, 7) is 0. The maximum absolute atomic E-state index is 6.56. The third kappa shape index (κ3) is 4.43. The van der Waals surface area contributed by atoms with Crippen LogP contribution in [0.15, 0.2) is 160 Å². The second-order valence-electron chi connectivity index (χ2n) is 12.8. The van der Waals surface area contributed by atoms with Gasteiger partial charge in [-0.05, 0) is 54.1 Å². The Morgan fingerprint density at radius 3 is 1.90 bits per heavy atom. The van der Waals surface area contributed by atoms with Crippen molar-refractivity contribution >= 4 is 75.4 Å². The number of thiophene rings is 1. The highest BCUT2D eigenvalue weighted by atomic mass is 32.1. The van der Waals surface area contributed by atoms with Crippen molar-refractivity contribution < 1.29 is 8.83 Å². The molecule has 0 saturated heterocycles. The molecule has 0 bridgehead atoms. The van der Waals surface area contributed by atoms with Crippen LogP contribution in [0.2, 0.25) is 0 Å².